The van der Waals surface area contributed by atoms with E-state index in [4.69, 9.17) is 5.26 Å². The molecule has 0 aliphatic carbocycles. The highest BCUT2D eigenvalue weighted by molar-refractivity contribution is 5.95. The maximum Gasteiger partial charge on any atom is 0.241 e. The average Bonchev–Trinajstić information content (AvgIpc) is 2.48. The summed E-state index contributed by atoms with van der Waals surface area (Å²) in [5, 5.41) is 15.4. The fourth-order valence-corrected chi connectivity index (χ4v) is 2.66. The number of carbonyl (C=O) groups excluding carboxylic acids is 1. The minimum Gasteiger partial charge on any atom is -0.325 e. The average molecular weight is 285 g/mol. The number of piperidine rings is 1. The lowest BCUT2D eigenvalue weighted by molar-refractivity contribution is -0.119. The number of benzene rings is 1. The first-order chi connectivity index (χ1) is 9.94. The first-order valence-electron chi connectivity index (χ1n) is 7.50. The van der Waals surface area contributed by atoms with Gasteiger partial charge in [0.05, 0.1) is 17.5 Å². The molecule has 0 spiro atoms. The van der Waals surface area contributed by atoms with Crippen molar-refractivity contribution in [2.75, 3.05) is 11.9 Å². The van der Waals surface area contributed by atoms with E-state index in [2.05, 4.69) is 23.6 Å². The number of anilines is 1. The molecule has 21 heavy (non-hydrogen) atoms. The van der Waals surface area contributed by atoms with Gasteiger partial charge in [-0.2, -0.15) is 5.26 Å². The Labute approximate surface area is 126 Å². The van der Waals surface area contributed by atoms with E-state index in [-0.39, 0.29) is 11.9 Å². The van der Waals surface area contributed by atoms with Gasteiger partial charge in [-0.3, -0.25) is 4.79 Å². The highest BCUT2D eigenvalue weighted by atomic mass is 16.2. The van der Waals surface area contributed by atoms with Crippen LogP contribution in [0.1, 0.15) is 39.2 Å². The molecule has 2 N–H and O–H groups in total. The van der Waals surface area contributed by atoms with E-state index in [1.807, 2.05) is 38.1 Å². The molecule has 1 aromatic carbocycles. The second-order valence-electron chi connectivity index (χ2n) is 6.35. The molecule has 4 nitrogen and oxygen atoms in total. The number of nitriles is 1. The first-order valence-corrected chi connectivity index (χ1v) is 7.50. The van der Waals surface area contributed by atoms with Crippen LogP contribution in [0.3, 0.4) is 0 Å². The second kappa shape index (κ2) is 6.28. The third-order valence-electron chi connectivity index (χ3n) is 4.21. The zero-order valence-electron chi connectivity index (χ0n) is 12.9. The Morgan fingerprint density at radius 3 is 2.62 bits per heavy atom. The molecule has 0 saturated carbocycles. The minimum absolute atomic E-state index is 0.0227. The third-order valence-corrected chi connectivity index (χ3v) is 4.21. The van der Waals surface area contributed by atoms with Crippen molar-refractivity contribution in [1.82, 2.24) is 5.32 Å². The van der Waals surface area contributed by atoms with E-state index in [1.165, 1.54) is 0 Å². The SMILES string of the molecule is CC1CCCNC1C(=O)Nc1ccc(C(C)(C)C#N)cc1. The van der Waals surface area contributed by atoms with Gasteiger partial charge in [-0.05, 0) is 56.8 Å². The van der Waals surface area contributed by atoms with Gasteiger partial charge >= 0.3 is 0 Å². The summed E-state index contributed by atoms with van der Waals surface area (Å²) in [6.07, 6.45) is 2.21. The van der Waals surface area contributed by atoms with Crippen molar-refractivity contribution in [3.63, 3.8) is 0 Å². The fraction of sp³-hybridized carbons (Fsp3) is 0.529. The van der Waals surface area contributed by atoms with E-state index in [1.54, 1.807) is 0 Å². The quantitative estimate of drug-likeness (QED) is 0.897. The molecule has 112 valence electrons. The Kier molecular flexibility index (Phi) is 4.64. The summed E-state index contributed by atoms with van der Waals surface area (Å²) in [5.41, 5.74) is 1.21. The van der Waals surface area contributed by atoms with Crippen LogP contribution in [0.4, 0.5) is 5.69 Å². The second-order valence-corrected chi connectivity index (χ2v) is 6.35. The molecule has 2 atom stereocenters. The highest BCUT2D eigenvalue weighted by Crippen LogP contribution is 2.24. The van der Waals surface area contributed by atoms with E-state index >= 15 is 0 Å². The summed E-state index contributed by atoms with van der Waals surface area (Å²) in [5.74, 6) is 0.380. The van der Waals surface area contributed by atoms with Gasteiger partial charge in [0, 0.05) is 5.69 Å². The third kappa shape index (κ3) is 3.62. The molecule has 1 amide bonds. The van der Waals surface area contributed by atoms with Crippen LogP contribution >= 0.6 is 0 Å². The molecule has 4 heteroatoms. The lowest BCUT2D eigenvalue weighted by Crippen LogP contribution is -2.48. The van der Waals surface area contributed by atoms with Crippen LogP contribution in [0, 0.1) is 17.2 Å². The Hall–Kier alpha value is -1.86. The maximum atomic E-state index is 12.3. The van der Waals surface area contributed by atoms with Gasteiger partial charge in [-0.1, -0.05) is 19.1 Å². The van der Waals surface area contributed by atoms with Gasteiger partial charge in [0.2, 0.25) is 5.91 Å². The van der Waals surface area contributed by atoms with Gasteiger partial charge in [-0.25, -0.2) is 0 Å². The molecular weight excluding hydrogens is 262 g/mol. The van der Waals surface area contributed by atoms with E-state index in [9.17, 15) is 4.79 Å². The van der Waals surface area contributed by atoms with Crippen molar-refractivity contribution in [3.8, 4) is 6.07 Å². The normalized spacial score (nSPS) is 22.4. The monoisotopic (exact) mass is 285 g/mol. The van der Waals surface area contributed by atoms with Crippen molar-refractivity contribution < 1.29 is 4.79 Å². The van der Waals surface area contributed by atoms with Crippen LogP contribution in [0.2, 0.25) is 0 Å². The van der Waals surface area contributed by atoms with Gasteiger partial charge < -0.3 is 10.6 Å². The Morgan fingerprint density at radius 2 is 2.05 bits per heavy atom. The number of hydrogen-bond donors (Lipinski definition) is 2. The topological polar surface area (TPSA) is 64.9 Å². The molecule has 0 radical (unpaired) electrons. The molecule has 0 aromatic heterocycles. The smallest absolute Gasteiger partial charge is 0.241 e. The van der Waals surface area contributed by atoms with E-state index in [0.29, 0.717) is 5.92 Å². The number of nitrogens with one attached hydrogen (secondary N) is 2. The van der Waals surface area contributed by atoms with Crippen LogP contribution in [-0.4, -0.2) is 18.5 Å². The highest BCUT2D eigenvalue weighted by Gasteiger charge is 2.27. The van der Waals surface area contributed by atoms with E-state index < -0.39 is 5.41 Å². The molecule has 1 saturated heterocycles. The zero-order valence-corrected chi connectivity index (χ0v) is 12.9. The van der Waals surface area contributed by atoms with Gasteiger partial charge in [-0.15, -0.1) is 0 Å². The Morgan fingerprint density at radius 1 is 1.38 bits per heavy atom. The van der Waals surface area contributed by atoms with Crippen molar-refractivity contribution >= 4 is 11.6 Å². The van der Waals surface area contributed by atoms with Crippen LogP contribution in [-0.2, 0) is 10.2 Å². The lowest BCUT2D eigenvalue weighted by atomic mass is 9.86. The number of nitrogens with zero attached hydrogens (tertiary/aromatic N) is 1. The van der Waals surface area contributed by atoms with Crippen molar-refractivity contribution in [3.05, 3.63) is 29.8 Å². The molecular formula is C17H23N3O. The Bertz CT molecular complexity index is 542. The van der Waals surface area contributed by atoms with E-state index in [0.717, 1.165) is 30.6 Å². The number of amides is 1. The summed E-state index contributed by atoms with van der Waals surface area (Å²) >= 11 is 0. The molecule has 0 bridgehead atoms. The Balaban J connectivity index is 2.03. The predicted molar refractivity (Wildman–Crippen MR) is 83.9 cm³/mol. The van der Waals surface area contributed by atoms with Crippen LogP contribution < -0.4 is 10.6 Å². The van der Waals surface area contributed by atoms with Crippen molar-refractivity contribution in [2.45, 2.75) is 45.1 Å². The maximum absolute atomic E-state index is 12.3. The van der Waals surface area contributed by atoms with Gasteiger partial charge in [0.25, 0.3) is 0 Å². The molecule has 1 aromatic rings. The fourth-order valence-electron chi connectivity index (χ4n) is 2.66. The van der Waals surface area contributed by atoms with Gasteiger partial charge in [0.1, 0.15) is 0 Å². The largest absolute Gasteiger partial charge is 0.325 e. The molecule has 1 aliphatic rings. The van der Waals surface area contributed by atoms with Gasteiger partial charge in [0.15, 0.2) is 0 Å². The van der Waals surface area contributed by atoms with Crippen LogP contribution in [0.5, 0.6) is 0 Å². The zero-order chi connectivity index (χ0) is 15.5. The van der Waals surface area contributed by atoms with Crippen molar-refractivity contribution in [1.29, 1.82) is 5.26 Å². The lowest BCUT2D eigenvalue weighted by Gasteiger charge is -2.29. The predicted octanol–water partition coefficient (Wildman–Crippen LogP) is 2.81. The van der Waals surface area contributed by atoms with Crippen LogP contribution in [0.25, 0.3) is 0 Å². The standard InChI is InChI=1S/C17H23N3O/c1-12-5-4-10-19-15(12)16(21)20-14-8-6-13(7-9-14)17(2,3)11-18/h6-9,12,15,19H,4-5,10H2,1-3H3,(H,20,21). The summed E-state index contributed by atoms with van der Waals surface area (Å²) in [6.45, 7) is 6.77. The molecule has 1 heterocycles. The molecule has 2 rings (SSSR count). The number of carbonyl (C=O) groups is 1. The molecule has 1 fully saturated rings. The summed E-state index contributed by atoms with van der Waals surface area (Å²) in [7, 11) is 0. The molecule has 2 unspecified atom stereocenters. The minimum atomic E-state index is -0.512. The summed E-state index contributed by atoms with van der Waals surface area (Å²) in [6, 6.07) is 9.68. The summed E-state index contributed by atoms with van der Waals surface area (Å²) in [4.78, 5) is 12.3. The number of rotatable bonds is 3. The molecule has 1 aliphatic heterocycles. The first kappa shape index (κ1) is 15.5. The van der Waals surface area contributed by atoms with Crippen LogP contribution in [0.15, 0.2) is 24.3 Å². The summed E-state index contributed by atoms with van der Waals surface area (Å²) < 4.78 is 0. The van der Waals surface area contributed by atoms with Crippen molar-refractivity contribution in [2.24, 2.45) is 5.92 Å². The number of hydrogen-bond acceptors (Lipinski definition) is 3.